The molecular formula is C14H22ClNO4. The number of methoxy groups -OCH3 is 1. The molecule has 0 spiro atoms. The second-order valence-corrected chi connectivity index (χ2v) is 5.08. The molecule has 0 aliphatic carbocycles. The van der Waals surface area contributed by atoms with Crippen LogP contribution in [-0.2, 0) is 11.3 Å². The van der Waals surface area contributed by atoms with Gasteiger partial charge in [-0.3, -0.25) is 0 Å². The van der Waals surface area contributed by atoms with Crippen molar-refractivity contribution in [2.24, 2.45) is 5.73 Å². The summed E-state index contributed by atoms with van der Waals surface area (Å²) in [6.07, 6.45) is -0.655. The van der Waals surface area contributed by atoms with E-state index in [1.54, 1.807) is 12.1 Å². The molecule has 1 aromatic rings. The van der Waals surface area contributed by atoms with E-state index in [0.29, 0.717) is 16.5 Å². The highest BCUT2D eigenvalue weighted by Crippen LogP contribution is 2.34. The van der Waals surface area contributed by atoms with Crippen LogP contribution in [0.1, 0.15) is 19.4 Å². The predicted molar refractivity (Wildman–Crippen MR) is 78.5 cm³/mol. The molecule has 0 saturated carbocycles. The van der Waals surface area contributed by atoms with Crippen LogP contribution < -0.4 is 15.2 Å². The fourth-order valence-electron chi connectivity index (χ4n) is 1.62. The van der Waals surface area contributed by atoms with Gasteiger partial charge < -0.3 is 25.1 Å². The molecule has 0 fully saturated rings. The predicted octanol–water partition coefficient (Wildman–Crippen LogP) is 1.97. The number of halogens is 1. The Kier molecular flexibility index (Phi) is 7.09. The summed E-state index contributed by atoms with van der Waals surface area (Å²) in [6, 6.07) is 3.36. The van der Waals surface area contributed by atoms with Crippen molar-refractivity contribution < 1.29 is 19.3 Å². The van der Waals surface area contributed by atoms with Gasteiger partial charge in [-0.1, -0.05) is 11.6 Å². The van der Waals surface area contributed by atoms with Gasteiger partial charge >= 0.3 is 0 Å². The molecule has 1 aromatic carbocycles. The van der Waals surface area contributed by atoms with Gasteiger partial charge in [0.2, 0.25) is 0 Å². The quantitative estimate of drug-likeness (QED) is 0.768. The second-order valence-electron chi connectivity index (χ2n) is 4.65. The molecule has 0 radical (unpaired) electrons. The maximum absolute atomic E-state index is 9.79. The average molecular weight is 304 g/mol. The van der Waals surface area contributed by atoms with Crippen molar-refractivity contribution in [1.29, 1.82) is 0 Å². The first kappa shape index (κ1) is 17.0. The average Bonchev–Trinajstić information content (AvgIpc) is 2.42. The lowest BCUT2D eigenvalue weighted by atomic mass is 10.2. The summed E-state index contributed by atoms with van der Waals surface area (Å²) in [7, 11) is 1.52. The lowest BCUT2D eigenvalue weighted by Gasteiger charge is -2.18. The van der Waals surface area contributed by atoms with E-state index in [1.807, 2.05) is 13.8 Å². The van der Waals surface area contributed by atoms with Gasteiger partial charge in [-0.15, -0.1) is 0 Å². The minimum absolute atomic E-state index is 0.0642. The maximum atomic E-state index is 9.79. The Morgan fingerprint density at radius 1 is 1.30 bits per heavy atom. The van der Waals surface area contributed by atoms with Gasteiger partial charge in [0.25, 0.3) is 0 Å². The number of hydrogen-bond acceptors (Lipinski definition) is 5. The van der Waals surface area contributed by atoms with E-state index in [9.17, 15) is 5.11 Å². The molecule has 0 aliphatic rings. The van der Waals surface area contributed by atoms with Crippen LogP contribution in [0.25, 0.3) is 0 Å². The van der Waals surface area contributed by atoms with Gasteiger partial charge in [-0.05, 0) is 19.9 Å². The molecule has 5 nitrogen and oxygen atoms in total. The molecule has 0 amide bonds. The standard InChI is InChI=1S/C14H22ClNO4/c1-9(2)19-7-12(17)8-20-14-10(6-16)4-11(15)5-13(14)18-3/h4-5,9,12,17H,6-8,16H2,1-3H3. The zero-order valence-electron chi connectivity index (χ0n) is 12.1. The van der Waals surface area contributed by atoms with E-state index in [1.165, 1.54) is 7.11 Å². The summed E-state index contributed by atoms with van der Waals surface area (Å²) in [4.78, 5) is 0. The van der Waals surface area contributed by atoms with Gasteiger partial charge in [-0.25, -0.2) is 0 Å². The van der Waals surface area contributed by atoms with Crippen molar-refractivity contribution in [3.8, 4) is 11.5 Å². The number of benzene rings is 1. The zero-order valence-corrected chi connectivity index (χ0v) is 12.8. The second kappa shape index (κ2) is 8.32. The van der Waals surface area contributed by atoms with Crippen molar-refractivity contribution in [2.75, 3.05) is 20.3 Å². The molecule has 6 heteroatoms. The van der Waals surface area contributed by atoms with Crippen LogP contribution in [0.5, 0.6) is 11.5 Å². The number of aliphatic hydroxyl groups is 1. The first-order valence-corrected chi connectivity index (χ1v) is 6.84. The number of hydrogen-bond donors (Lipinski definition) is 2. The molecule has 0 heterocycles. The van der Waals surface area contributed by atoms with Crippen molar-refractivity contribution in [2.45, 2.75) is 32.6 Å². The molecule has 0 aromatic heterocycles. The highest BCUT2D eigenvalue weighted by atomic mass is 35.5. The SMILES string of the molecule is COc1cc(Cl)cc(CN)c1OCC(O)COC(C)C. The van der Waals surface area contributed by atoms with Gasteiger partial charge in [0.1, 0.15) is 12.7 Å². The molecule has 1 rings (SSSR count). The fourth-order valence-corrected chi connectivity index (χ4v) is 1.85. The molecule has 20 heavy (non-hydrogen) atoms. The molecule has 1 atom stereocenters. The van der Waals surface area contributed by atoms with Crippen molar-refractivity contribution in [3.05, 3.63) is 22.7 Å². The lowest BCUT2D eigenvalue weighted by Crippen LogP contribution is -2.25. The van der Waals surface area contributed by atoms with Gasteiger partial charge in [0.15, 0.2) is 11.5 Å². The Morgan fingerprint density at radius 3 is 2.55 bits per heavy atom. The normalized spacial score (nSPS) is 12.6. The molecule has 1 unspecified atom stereocenters. The Bertz CT molecular complexity index is 401. The minimum Gasteiger partial charge on any atom is -0.493 e. The molecule has 0 aliphatic heterocycles. The van der Waals surface area contributed by atoms with E-state index in [2.05, 4.69) is 0 Å². The third kappa shape index (κ3) is 5.17. The van der Waals surface area contributed by atoms with Gasteiger partial charge in [0, 0.05) is 23.2 Å². The van der Waals surface area contributed by atoms with Crippen LogP contribution in [-0.4, -0.2) is 37.6 Å². The Hall–Kier alpha value is -1.01. The number of ether oxygens (including phenoxy) is 3. The number of rotatable bonds is 8. The topological polar surface area (TPSA) is 73.9 Å². The van der Waals surface area contributed by atoms with E-state index >= 15 is 0 Å². The third-order valence-corrected chi connectivity index (χ3v) is 2.80. The van der Waals surface area contributed by atoms with Gasteiger partial charge in [0.05, 0.1) is 19.8 Å². The number of aliphatic hydroxyl groups excluding tert-OH is 1. The molecule has 114 valence electrons. The third-order valence-electron chi connectivity index (χ3n) is 2.58. The van der Waals surface area contributed by atoms with Crippen molar-refractivity contribution in [1.82, 2.24) is 0 Å². The van der Waals surface area contributed by atoms with Crippen molar-refractivity contribution in [3.63, 3.8) is 0 Å². The first-order valence-electron chi connectivity index (χ1n) is 6.46. The summed E-state index contributed by atoms with van der Waals surface area (Å²) in [5.74, 6) is 0.998. The van der Waals surface area contributed by atoms with Crippen LogP contribution in [0.4, 0.5) is 0 Å². The van der Waals surface area contributed by atoms with Crippen LogP contribution in [0.2, 0.25) is 5.02 Å². The van der Waals surface area contributed by atoms with Crippen LogP contribution in [0.15, 0.2) is 12.1 Å². The largest absolute Gasteiger partial charge is 0.493 e. The molecular weight excluding hydrogens is 282 g/mol. The summed E-state index contributed by atoms with van der Waals surface area (Å²) < 4.78 is 16.1. The lowest BCUT2D eigenvalue weighted by molar-refractivity contribution is -0.0127. The van der Waals surface area contributed by atoms with E-state index < -0.39 is 6.10 Å². The van der Waals surface area contributed by atoms with Crippen LogP contribution in [0, 0.1) is 0 Å². The highest BCUT2D eigenvalue weighted by molar-refractivity contribution is 6.30. The van der Waals surface area contributed by atoms with E-state index in [-0.39, 0.29) is 25.9 Å². The monoisotopic (exact) mass is 303 g/mol. The maximum Gasteiger partial charge on any atom is 0.165 e. The van der Waals surface area contributed by atoms with E-state index in [0.717, 1.165) is 5.56 Å². The highest BCUT2D eigenvalue weighted by Gasteiger charge is 2.14. The molecule has 3 N–H and O–H groups in total. The van der Waals surface area contributed by atoms with Crippen LogP contribution >= 0.6 is 11.6 Å². The van der Waals surface area contributed by atoms with Crippen molar-refractivity contribution >= 4 is 11.6 Å². The van der Waals surface area contributed by atoms with Crippen LogP contribution in [0.3, 0.4) is 0 Å². The molecule has 0 bridgehead atoms. The Labute approximate surface area is 124 Å². The Morgan fingerprint density at radius 2 is 2.00 bits per heavy atom. The molecule has 0 saturated heterocycles. The Balaban J connectivity index is 2.71. The first-order chi connectivity index (χ1) is 9.47. The number of nitrogens with two attached hydrogens (primary N) is 1. The summed E-state index contributed by atoms with van der Waals surface area (Å²) in [5, 5.41) is 10.3. The zero-order chi connectivity index (χ0) is 15.1. The van der Waals surface area contributed by atoms with E-state index in [4.69, 9.17) is 31.5 Å². The smallest absolute Gasteiger partial charge is 0.165 e. The fraction of sp³-hybridized carbons (Fsp3) is 0.571. The summed E-state index contributed by atoms with van der Waals surface area (Å²) in [5.41, 5.74) is 6.39. The minimum atomic E-state index is -0.719. The summed E-state index contributed by atoms with van der Waals surface area (Å²) >= 11 is 5.97. The van der Waals surface area contributed by atoms with Gasteiger partial charge in [-0.2, -0.15) is 0 Å². The summed E-state index contributed by atoms with van der Waals surface area (Å²) in [6.45, 7) is 4.39.